The van der Waals surface area contributed by atoms with Crippen LogP contribution in [0.2, 0.25) is 0 Å². The largest absolute Gasteiger partial charge is 0.465 e. The summed E-state index contributed by atoms with van der Waals surface area (Å²) in [4.78, 5) is 32.7. The summed E-state index contributed by atoms with van der Waals surface area (Å²) in [6.45, 7) is 6.95. The van der Waals surface area contributed by atoms with E-state index < -0.39 is 5.97 Å². The number of thiophene rings is 1. The van der Waals surface area contributed by atoms with Gasteiger partial charge in [-0.05, 0) is 66.5 Å². The lowest BCUT2D eigenvalue weighted by Gasteiger charge is -2.33. The minimum absolute atomic E-state index is 0.164. The van der Waals surface area contributed by atoms with Crippen LogP contribution in [0.4, 0.5) is 5.00 Å². The summed E-state index contributed by atoms with van der Waals surface area (Å²) < 4.78 is 16.1. The molecule has 0 saturated carbocycles. The number of methoxy groups -OCH3 is 1. The van der Waals surface area contributed by atoms with Gasteiger partial charge in [0, 0.05) is 15.8 Å². The van der Waals surface area contributed by atoms with E-state index in [9.17, 15) is 9.59 Å². The highest BCUT2D eigenvalue weighted by Gasteiger charge is 2.34. The average Bonchev–Trinajstić information content (AvgIpc) is 3.54. The molecule has 0 fully saturated rings. The maximum absolute atomic E-state index is 13.9. The van der Waals surface area contributed by atoms with E-state index in [-0.39, 0.29) is 18.1 Å². The van der Waals surface area contributed by atoms with Crippen LogP contribution in [0.3, 0.4) is 0 Å². The number of esters is 1. The number of aromatic nitrogens is 1. The fourth-order valence-electron chi connectivity index (χ4n) is 5.47. The van der Waals surface area contributed by atoms with Crippen LogP contribution in [0.25, 0.3) is 22.2 Å². The molecule has 2 aliphatic rings. The van der Waals surface area contributed by atoms with Gasteiger partial charge in [0.2, 0.25) is 6.79 Å². The van der Waals surface area contributed by atoms with Crippen molar-refractivity contribution in [1.29, 1.82) is 0 Å². The van der Waals surface area contributed by atoms with Gasteiger partial charge in [-0.1, -0.05) is 39.0 Å². The van der Waals surface area contributed by atoms with Crippen LogP contribution in [0, 0.1) is 11.3 Å². The number of hydrogen-bond donors (Lipinski definition) is 1. The molecule has 3 heterocycles. The van der Waals surface area contributed by atoms with Crippen LogP contribution in [0.1, 0.15) is 58.3 Å². The molecule has 0 bridgehead atoms. The summed E-state index contributed by atoms with van der Waals surface area (Å²) >= 11 is 1.49. The van der Waals surface area contributed by atoms with Crippen LogP contribution in [-0.2, 0) is 17.6 Å². The first kappa shape index (κ1) is 25.4. The number of nitrogens with zero attached hydrogens (tertiary/aromatic N) is 1. The van der Waals surface area contributed by atoms with Crippen LogP contribution in [-0.4, -0.2) is 30.8 Å². The molecule has 1 N–H and O–H groups in total. The number of carbonyl (C=O) groups excluding carboxylic acids is 2. The first-order chi connectivity index (χ1) is 18.7. The van der Waals surface area contributed by atoms with Gasteiger partial charge in [0.05, 0.1) is 29.4 Å². The number of fused-ring (bicyclic) bond motifs is 3. The van der Waals surface area contributed by atoms with Gasteiger partial charge in [-0.2, -0.15) is 0 Å². The molecule has 1 aliphatic heterocycles. The molecule has 8 heteroatoms. The summed E-state index contributed by atoms with van der Waals surface area (Å²) in [5.41, 5.74) is 4.28. The number of anilines is 1. The Hall–Kier alpha value is -3.91. The van der Waals surface area contributed by atoms with Crippen molar-refractivity contribution in [2.75, 3.05) is 19.2 Å². The second-order valence-electron chi connectivity index (χ2n) is 11.1. The lowest BCUT2D eigenvalue weighted by atomic mass is 9.72. The van der Waals surface area contributed by atoms with Gasteiger partial charge in [-0.15, -0.1) is 11.3 Å². The molecule has 7 nitrogen and oxygen atoms in total. The Labute approximate surface area is 231 Å². The predicted octanol–water partition coefficient (Wildman–Crippen LogP) is 6.88. The molecule has 2 aromatic carbocycles. The number of rotatable bonds is 4. The van der Waals surface area contributed by atoms with E-state index in [1.807, 2.05) is 42.5 Å². The molecule has 200 valence electrons. The second kappa shape index (κ2) is 9.68. The van der Waals surface area contributed by atoms with E-state index in [1.54, 1.807) is 6.07 Å². The number of pyridine rings is 1. The van der Waals surface area contributed by atoms with Gasteiger partial charge in [-0.3, -0.25) is 4.79 Å². The highest BCUT2D eigenvalue weighted by molar-refractivity contribution is 7.17. The molecule has 1 unspecified atom stereocenters. The number of benzene rings is 2. The van der Waals surface area contributed by atoms with Gasteiger partial charge in [0.15, 0.2) is 11.5 Å². The molecule has 1 atom stereocenters. The van der Waals surface area contributed by atoms with Crippen molar-refractivity contribution in [3.8, 4) is 22.8 Å². The number of amides is 1. The van der Waals surface area contributed by atoms with Crippen molar-refractivity contribution in [3.05, 3.63) is 70.1 Å². The quantitative estimate of drug-likeness (QED) is 0.283. The standard InChI is InChI=1S/C31H30N2O5S/c1-31(2,3)18-10-11-20-26(14-18)39-29(27(20)30(35)36-4)33-28(34)21-15-23(32-22-8-6-5-7-19(21)22)17-9-12-24-25(13-17)38-16-37-24/h5-9,12-13,15,18H,10-11,14,16H2,1-4H3,(H,33,34). The van der Waals surface area contributed by atoms with E-state index in [2.05, 4.69) is 26.1 Å². The fraction of sp³-hybridized carbons (Fsp3) is 0.323. The second-order valence-corrected chi connectivity index (χ2v) is 12.2. The van der Waals surface area contributed by atoms with Gasteiger partial charge in [0.1, 0.15) is 5.00 Å². The topological polar surface area (TPSA) is 86.8 Å². The lowest BCUT2D eigenvalue weighted by Crippen LogP contribution is -2.26. The summed E-state index contributed by atoms with van der Waals surface area (Å²) in [6, 6.07) is 15.0. The van der Waals surface area contributed by atoms with Crippen molar-refractivity contribution in [1.82, 2.24) is 4.98 Å². The number of hydrogen-bond acceptors (Lipinski definition) is 7. The highest BCUT2D eigenvalue weighted by Crippen LogP contribution is 2.45. The van der Waals surface area contributed by atoms with Crippen molar-refractivity contribution in [2.45, 2.75) is 40.0 Å². The van der Waals surface area contributed by atoms with E-state index in [1.165, 1.54) is 18.4 Å². The third-order valence-electron chi connectivity index (χ3n) is 7.74. The normalized spacial score (nSPS) is 16.2. The summed E-state index contributed by atoms with van der Waals surface area (Å²) in [6.07, 6.45) is 2.68. The van der Waals surface area contributed by atoms with E-state index in [4.69, 9.17) is 19.2 Å². The first-order valence-electron chi connectivity index (χ1n) is 13.1. The molecule has 2 aromatic heterocycles. The molecule has 4 aromatic rings. The lowest BCUT2D eigenvalue weighted by molar-refractivity contribution is 0.0600. The van der Waals surface area contributed by atoms with Crippen LogP contribution < -0.4 is 14.8 Å². The Morgan fingerprint density at radius 1 is 1.08 bits per heavy atom. The zero-order chi connectivity index (χ0) is 27.3. The molecule has 1 amide bonds. The maximum Gasteiger partial charge on any atom is 0.341 e. The van der Waals surface area contributed by atoms with Crippen LogP contribution >= 0.6 is 11.3 Å². The molecule has 6 rings (SSSR count). The number of nitrogens with one attached hydrogen (secondary N) is 1. The minimum atomic E-state index is -0.419. The Morgan fingerprint density at radius 3 is 2.67 bits per heavy atom. The van der Waals surface area contributed by atoms with E-state index in [0.29, 0.717) is 44.8 Å². The molecule has 0 saturated heterocycles. The molecule has 39 heavy (non-hydrogen) atoms. The average molecular weight is 543 g/mol. The Balaban J connectivity index is 1.40. The summed E-state index contributed by atoms with van der Waals surface area (Å²) in [5.74, 6) is 1.12. The Kier molecular flexibility index (Phi) is 6.30. The van der Waals surface area contributed by atoms with Gasteiger partial charge >= 0.3 is 5.97 Å². The monoisotopic (exact) mass is 542 g/mol. The van der Waals surface area contributed by atoms with Crippen molar-refractivity contribution in [2.24, 2.45) is 11.3 Å². The summed E-state index contributed by atoms with van der Waals surface area (Å²) in [5, 5.41) is 4.34. The fourth-order valence-corrected chi connectivity index (χ4v) is 6.78. The molecule has 0 spiro atoms. The first-order valence-corrected chi connectivity index (χ1v) is 13.9. The van der Waals surface area contributed by atoms with Crippen molar-refractivity contribution in [3.63, 3.8) is 0 Å². The predicted molar refractivity (Wildman–Crippen MR) is 152 cm³/mol. The van der Waals surface area contributed by atoms with Crippen molar-refractivity contribution >= 4 is 39.1 Å². The van der Waals surface area contributed by atoms with E-state index >= 15 is 0 Å². The SMILES string of the molecule is COC(=O)c1c(NC(=O)c2cc(-c3ccc4c(c3)OCO4)nc3ccccc23)sc2c1CCC(C(C)(C)C)C2. The molecule has 1 aliphatic carbocycles. The number of ether oxygens (including phenoxy) is 3. The molecular formula is C31H30N2O5S. The highest BCUT2D eigenvalue weighted by atomic mass is 32.1. The van der Waals surface area contributed by atoms with Crippen molar-refractivity contribution < 1.29 is 23.8 Å². The number of carbonyl (C=O) groups is 2. The number of para-hydroxylation sites is 1. The smallest absolute Gasteiger partial charge is 0.341 e. The van der Waals surface area contributed by atoms with Gasteiger partial charge < -0.3 is 19.5 Å². The van der Waals surface area contributed by atoms with Gasteiger partial charge in [0.25, 0.3) is 5.91 Å². The van der Waals surface area contributed by atoms with E-state index in [0.717, 1.165) is 40.7 Å². The van der Waals surface area contributed by atoms with Crippen LogP contribution in [0.5, 0.6) is 11.5 Å². The molecular weight excluding hydrogens is 512 g/mol. The van der Waals surface area contributed by atoms with Gasteiger partial charge in [-0.25, -0.2) is 9.78 Å². The zero-order valence-electron chi connectivity index (χ0n) is 22.4. The Morgan fingerprint density at radius 2 is 1.87 bits per heavy atom. The summed E-state index contributed by atoms with van der Waals surface area (Å²) in [7, 11) is 1.38. The Bertz CT molecular complexity index is 1620. The van der Waals surface area contributed by atoms with Crippen LogP contribution in [0.15, 0.2) is 48.5 Å². The zero-order valence-corrected chi connectivity index (χ0v) is 23.2. The molecule has 0 radical (unpaired) electrons. The minimum Gasteiger partial charge on any atom is -0.465 e. The third-order valence-corrected chi connectivity index (χ3v) is 8.91. The third kappa shape index (κ3) is 4.63. The maximum atomic E-state index is 13.9.